The van der Waals surface area contributed by atoms with Gasteiger partial charge in [-0.3, -0.25) is 0 Å². The number of aliphatic hydroxyl groups excluding tert-OH is 3. The van der Waals surface area contributed by atoms with Gasteiger partial charge < -0.3 is 20.1 Å². The van der Waals surface area contributed by atoms with Crippen LogP contribution in [0.5, 0.6) is 0 Å². The molecule has 0 fully saturated rings. The van der Waals surface area contributed by atoms with Gasteiger partial charge in [-0.05, 0) is 43.9 Å². The van der Waals surface area contributed by atoms with Crippen molar-refractivity contribution in [2.45, 2.75) is 85.2 Å². The van der Waals surface area contributed by atoms with Crippen molar-refractivity contribution in [1.29, 1.82) is 0 Å². The van der Waals surface area contributed by atoms with Crippen LogP contribution in [-0.4, -0.2) is 45.7 Å². The third-order valence-corrected chi connectivity index (χ3v) is 7.56. The molecule has 2 aromatic carbocycles. The highest BCUT2D eigenvalue weighted by Crippen LogP contribution is 2.36. The van der Waals surface area contributed by atoms with E-state index in [1.807, 2.05) is 102 Å². The number of hydrogen-bond donors (Lipinski definition) is 3. The van der Waals surface area contributed by atoms with Gasteiger partial charge in [0.05, 0.1) is 12.2 Å². The van der Waals surface area contributed by atoms with Gasteiger partial charge in [-0.15, -0.1) is 0 Å². The minimum atomic E-state index is -1.38. The Labute approximate surface area is 210 Å². The second kappa shape index (κ2) is 12.5. The summed E-state index contributed by atoms with van der Waals surface area (Å²) >= 11 is 0. The van der Waals surface area contributed by atoms with Crippen LogP contribution in [0.15, 0.2) is 71.8 Å². The van der Waals surface area contributed by atoms with Crippen molar-refractivity contribution in [3.8, 4) is 0 Å². The molecular formula is C30H42O5. The number of rotatable bonds is 11. The molecule has 2 aromatic rings. The summed E-state index contributed by atoms with van der Waals surface area (Å²) in [4.78, 5) is 13.1. The van der Waals surface area contributed by atoms with E-state index >= 15 is 0 Å². The first-order chi connectivity index (χ1) is 16.4. The van der Waals surface area contributed by atoms with E-state index in [2.05, 4.69) is 0 Å². The number of ether oxygens (including phenoxy) is 1. The molecule has 3 N–H and O–H groups in total. The van der Waals surface area contributed by atoms with E-state index in [0.29, 0.717) is 6.42 Å². The normalized spacial score (nSPS) is 17.2. The van der Waals surface area contributed by atoms with Gasteiger partial charge in [0.25, 0.3) is 0 Å². The van der Waals surface area contributed by atoms with Crippen LogP contribution in [0.25, 0.3) is 0 Å². The number of benzene rings is 2. The molecule has 0 bridgehead atoms. The van der Waals surface area contributed by atoms with Crippen molar-refractivity contribution in [3.05, 3.63) is 82.9 Å². The molecule has 1 unspecified atom stereocenters. The maximum Gasteiger partial charge on any atom is 0.336 e. The van der Waals surface area contributed by atoms with Crippen molar-refractivity contribution in [2.75, 3.05) is 0 Å². The minimum Gasteiger partial charge on any atom is -0.456 e. The Bertz CT molecular complexity index is 927. The molecule has 0 heterocycles. The molecule has 0 aliphatic carbocycles. The van der Waals surface area contributed by atoms with E-state index < -0.39 is 41.7 Å². The zero-order chi connectivity index (χ0) is 26.3. The van der Waals surface area contributed by atoms with Gasteiger partial charge in [0.1, 0.15) is 6.10 Å². The van der Waals surface area contributed by atoms with Gasteiger partial charge >= 0.3 is 5.97 Å². The van der Waals surface area contributed by atoms with Gasteiger partial charge in [-0.2, -0.15) is 0 Å². The van der Waals surface area contributed by atoms with Crippen molar-refractivity contribution in [2.24, 2.45) is 11.3 Å². The van der Waals surface area contributed by atoms with E-state index in [1.165, 1.54) is 0 Å². The zero-order valence-corrected chi connectivity index (χ0v) is 22.1. The lowest BCUT2D eigenvalue weighted by Crippen LogP contribution is -2.44. The first-order valence-corrected chi connectivity index (χ1v) is 12.4. The topological polar surface area (TPSA) is 87.0 Å². The fourth-order valence-corrected chi connectivity index (χ4v) is 4.63. The minimum absolute atomic E-state index is 0.251. The molecule has 0 saturated heterocycles. The number of carbonyl (C=O) groups is 1. The largest absolute Gasteiger partial charge is 0.456 e. The van der Waals surface area contributed by atoms with E-state index in [1.54, 1.807) is 6.92 Å². The summed E-state index contributed by atoms with van der Waals surface area (Å²) in [6.45, 7) is 13.1. The quantitative estimate of drug-likeness (QED) is 0.301. The summed E-state index contributed by atoms with van der Waals surface area (Å²) in [6, 6.07) is 18.9. The monoisotopic (exact) mass is 482 g/mol. The van der Waals surface area contributed by atoms with Crippen LogP contribution >= 0.6 is 0 Å². The highest BCUT2D eigenvalue weighted by molar-refractivity contribution is 5.77. The third-order valence-electron chi connectivity index (χ3n) is 7.56. The summed E-state index contributed by atoms with van der Waals surface area (Å²) < 4.78 is 5.73. The molecule has 5 nitrogen and oxygen atoms in total. The van der Waals surface area contributed by atoms with Crippen LogP contribution in [0.2, 0.25) is 0 Å². The second-order valence-electron chi connectivity index (χ2n) is 10.2. The lowest BCUT2D eigenvalue weighted by molar-refractivity contribution is -0.157. The van der Waals surface area contributed by atoms with Crippen LogP contribution in [0.1, 0.15) is 71.9 Å². The Balaban J connectivity index is 2.23. The van der Waals surface area contributed by atoms with Gasteiger partial charge in [-0.1, -0.05) is 93.9 Å². The van der Waals surface area contributed by atoms with E-state index in [9.17, 15) is 20.1 Å². The lowest BCUT2D eigenvalue weighted by atomic mass is 9.72. The Morgan fingerprint density at radius 1 is 0.857 bits per heavy atom. The lowest BCUT2D eigenvalue weighted by Gasteiger charge is -2.39. The SMILES string of the molecule is CC[C@H](O)C(C)(C)[C@@H](O)[C@@H](C)/C(C)=C(\C)C(C)OC(=O)[C@H](O)C(c1ccccc1)c1ccccc1. The predicted octanol–water partition coefficient (Wildman–Crippen LogP) is 5.24. The molecule has 0 radical (unpaired) electrons. The van der Waals surface area contributed by atoms with Crippen LogP contribution in [0.4, 0.5) is 0 Å². The van der Waals surface area contributed by atoms with Gasteiger partial charge in [0.15, 0.2) is 6.10 Å². The first-order valence-electron chi connectivity index (χ1n) is 12.4. The fourth-order valence-electron chi connectivity index (χ4n) is 4.63. The smallest absolute Gasteiger partial charge is 0.336 e. The van der Waals surface area contributed by atoms with Crippen LogP contribution in [0, 0.1) is 11.3 Å². The molecule has 35 heavy (non-hydrogen) atoms. The van der Waals surface area contributed by atoms with E-state index in [0.717, 1.165) is 22.3 Å². The maximum atomic E-state index is 13.1. The number of carbonyl (C=O) groups excluding carboxylic acids is 1. The van der Waals surface area contributed by atoms with Gasteiger partial charge in [-0.25, -0.2) is 4.79 Å². The van der Waals surface area contributed by atoms with Gasteiger partial charge in [0.2, 0.25) is 0 Å². The first kappa shape index (κ1) is 28.8. The summed E-state index contributed by atoms with van der Waals surface area (Å²) in [5.74, 6) is -1.50. The molecule has 0 aromatic heterocycles. The highest BCUT2D eigenvalue weighted by Gasteiger charge is 2.39. The molecule has 0 aliphatic heterocycles. The van der Waals surface area contributed by atoms with Crippen molar-refractivity contribution >= 4 is 5.97 Å². The van der Waals surface area contributed by atoms with Crippen molar-refractivity contribution in [3.63, 3.8) is 0 Å². The Morgan fingerprint density at radius 3 is 1.74 bits per heavy atom. The molecule has 0 spiro atoms. The summed E-state index contributed by atoms with van der Waals surface area (Å²) in [5, 5.41) is 32.5. The van der Waals surface area contributed by atoms with Crippen molar-refractivity contribution in [1.82, 2.24) is 0 Å². The van der Waals surface area contributed by atoms with Crippen LogP contribution in [0.3, 0.4) is 0 Å². The van der Waals surface area contributed by atoms with Crippen LogP contribution in [-0.2, 0) is 9.53 Å². The standard InChI is InChI=1S/C30H42O5/c1-8-25(31)30(6,7)28(33)21(4)19(2)20(3)22(5)35-29(34)27(32)26(23-15-11-9-12-16-23)24-17-13-10-14-18-24/h9-18,21-22,25-28,31-33H,8H2,1-7H3/b20-19+/t21-,22?,25-,27+,28-/m0/s1. The molecule has 0 saturated carbocycles. The van der Waals surface area contributed by atoms with E-state index in [4.69, 9.17) is 4.74 Å². The third kappa shape index (κ3) is 6.81. The Morgan fingerprint density at radius 2 is 1.31 bits per heavy atom. The van der Waals surface area contributed by atoms with Crippen molar-refractivity contribution < 1.29 is 24.9 Å². The number of hydrogen-bond acceptors (Lipinski definition) is 5. The highest BCUT2D eigenvalue weighted by atomic mass is 16.6. The second-order valence-corrected chi connectivity index (χ2v) is 10.2. The molecule has 5 heteroatoms. The molecular weight excluding hydrogens is 440 g/mol. The average molecular weight is 483 g/mol. The van der Waals surface area contributed by atoms with E-state index in [-0.39, 0.29) is 5.92 Å². The zero-order valence-electron chi connectivity index (χ0n) is 22.1. The predicted molar refractivity (Wildman–Crippen MR) is 140 cm³/mol. The molecule has 2 rings (SSSR count). The Hall–Kier alpha value is -2.47. The average Bonchev–Trinajstić information content (AvgIpc) is 2.87. The number of aliphatic hydroxyl groups is 3. The Kier molecular flexibility index (Phi) is 10.3. The summed E-state index contributed by atoms with van der Waals surface area (Å²) in [6.07, 6.45) is -2.82. The summed E-state index contributed by atoms with van der Waals surface area (Å²) in [5.41, 5.74) is 2.67. The number of esters is 1. The summed E-state index contributed by atoms with van der Waals surface area (Å²) in [7, 11) is 0. The molecule has 5 atom stereocenters. The maximum absolute atomic E-state index is 13.1. The van der Waals surface area contributed by atoms with Gasteiger partial charge in [0, 0.05) is 17.3 Å². The van der Waals surface area contributed by atoms with Crippen LogP contribution < -0.4 is 0 Å². The molecule has 192 valence electrons. The fraction of sp³-hybridized carbons (Fsp3) is 0.500. The molecule has 0 amide bonds. The molecule has 0 aliphatic rings.